The number of phenols is 1. The number of nitrogens with zero attached hydrogens (tertiary/aromatic N) is 1. The standard InChI is InChI=1S/C15H13NO3/c1-11-4-2-3-5-14(11)15(19)16(10-17)12-6-8-13(18)9-7-12/h2-10,18H,1H3. The lowest BCUT2D eigenvalue weighted by atomic mass is 10.1. The average molecular weight is 255 g/mol. The van der Waals surface area contributed by atoms with Gasteiger partial charge >= 0.3 is 0 Å². The van der Waals surface area contributed by atoms with Crippen LogP contribution < -0.4 is 4.90 Å². The summed E-state index contributed by atoms with van der Waals surface area (Å²) in [7, 11) is 0. The number of anilines is 1. The maximum Gasteiger partial charge on any atom is 0.265 e. The fraction of sp³-hybridized carbons (Fsp3) is 0.0667. The topological polar surface area (TPSA) is 57.6 Å². The predicted molar refractivity (Wildman–Crippen MR) is 72.2 cm³/mol. The van der Waals surface area contributed by atoms with E-state index in [0.717, 1.165) is 10.5 Å². The number of aromatic hydroxyl groups is 1. The molecule has 0 saturated carbocycles. The molecule has 2 aromatic rings. The summed E-state index contributed by atoms with van der Waals surface area (Å²) in [5, 5.41) is 9.22. The van der Waals surface area contributed by atoms with Gasteiger partial charge in [0.15, 0.2) is 0 Å². The third-order valence-corrected chi connectivity index (χ3v) is 2.83. The second kappa shape index (κ2) is 5.35. The van der Waals surface area contributed by atoms with E-state index in [-0.39, 0.29) is 5.75 Å². The molecule has 0 heterocycles. The van der Waals surface area contributed by atoms with Gasteiger partial charge in [0.1, 0.15) is 5.75 Å². The van der Waals surface area contributed by atoms with Crippen molar-refractivity contribution >= 4 is 18.0 Å². The average Bonchev–Trinajstić information content (AvgIpc) is 2.42. The van der Waals surface area contributed by atoms with Crippen molar-refractivity contribution in [2.75, 3.05) is 4.90 Å². The first-order valence-electron chi connectivity index (χ1n) is 5.77. The van der Waals surface area contributed by atoms with Crippen molar-refractivity contribution in [2.24, 2.45) is 0 Å². The van der Waals surface area contributed by atoms with Gasteiger partial charge in [0.05, 0.1) is 5.69 Å². The van der Waals surface area contributed by atoms with Gasteiger partial charge in [0.25, 0.3) is 5.91 Å². The largest absolute Gasteiger partial charge is 0.508 e. The van der Waals surface area contributed by atoms with E-state index in [4.69, 9.17) is 0 Å². The molecule has 0 radical (unpaired) electrons. The van der Waals surface area contributed by atoms with E-state index in [9.17, 15) is 14.7 Å². The number of aryl methyl sites for hydroxylation is 1. The summed E-state index contributed by atoms with van der Waals surface area (Å²) in [6.07, 6.45) is 0.473. The summed E-state index contributed by atoms with van der Waals surface area (Å²) in [6.45, 7) is 1.81. The SMILES string of the molecule is Cc1ccccc1C(=O)N(C=O)c1ccc(O)cc1. The van der Waals surface area contributed by atoms with Crippen molar-refractivity contribution in [3.8, 4) is 5.75 Å². The van der Waals surface area contributed by atoms with Crippen molar-refractivity contribution in [1.82, 2.24) is 0 Å². The summed E-state index contributed by atoms with van der Waals surface area (Å²) >= 11 is 0. The summed E-state index contributed by atoms with van der Waals surface area (Å²) in [5.74, 6) is -0.309. The lowest BCUT2D eigenvalue weighted by Crippen LogP contribution is -2.29. The van der Waals surface area contributed by atoms with Crippen LogP contribution in [0, 0.1) is 6.92 Å². The van der Waals surface area contributed by atoms with Crippen LogP contribution >= 0.6 is 0 Å². The van der Waals surface area contributed by atoms with Crippen molar-refractivity contribution in [3.63, 3.8) is 0 Å². The van der Waals surface area contributed by atoms with Crippen LogP contribution in [0.4, 0.5) is 5.69 Å². The zero-order valence-corrected chi connectivity index (χ0v) is 10.4. The van der Waals surface area contributed by atoms with Gasteiger partial charge in [-0.3, -0.25) is 9.59 Å². The normalized spacial score (nSPS) is 9.95. The van der Waals surface area contributed by atoms with Gasteiger partial charge in [-0.1, -0.05) is 18.2 Å². The Hall–Kier alpha value is -2.62. The molecule has 0 unspecified atom stereocenters. The van der Waals surface area contributed by atoms with E-state index < -0.39 is 5.91 Å². The van der Waals surface area contributed by atoms with Crippen LogP contribution in [-0.2, 0) is 4.79 Å². The Balaban J connectivity index is 2.38. The van der Waals surface area contributed by atoms with E-state index in [0.29, 0.717) is 17.7 Å². The highest BCUT2D eigenvalue weighted by atomic mass is 16.3. The molecule has 0 aliphatic rings. The minimum atomic E-state index is -0.390. The van der Waals surface area contributed by atoms with Gasteiger partial charge in [-0.05, 0) is 42.8 Å². The van der Waals surface area contributed by atoms with Gasteiger partial charge in [-0.25, -0.2) is 4.90 Å². The Labute approximate surface area is 110 Å². The maximum atomic E-state index is 12.3. The molecule has 0 saturated heterocycles. The quantitative estimate of drug-likeness (QED) is 0.857. The van der Waals surface area contributed by atoms with E-state index in [1.807, 2.05) is 19.1 Å². The minimum Gasteiger partial charge on any atom is -0.508 e. The molecule has 0 atom stereocenters. The Bertz CT molecular complexity index is 605. The molecule has 0 aliphatic carbocycles. The summed E-state index contributed by atoms with van der Waals surface area (Å²) < 4.78 is 0. The van der Waals surface area contributed by atoms with Gasteiger partial charge in [0, 0.05) is 5.56 Å². The summed E-state index contributed by atoms with van der Waals surface area (Å²) in [6, 6.07) is 13.0. The zero-order valence-electron chi connectivity index (χ0n) is 10.4. The Morgan fingerprint density at radius 3 is 2.32 bits per heavy atom. The summed E-state index contributed by atoms with van der Waals surface area (Å²) in [4.78, 5) is 24.5. The van der Waals surface area contributed by atoms with Crippen molar-refractivity contribution in [3.05, 3.63) is 59.7 Å². The Morgan fingerprint density at radius 2 is 1.74 bits per heavy atom. The third kappa shape index (κ3) is 2.63. The van der Waals surface area contributed by atoms with E-state index in [2.05, 4.69) is 0 Å². The second-order valence-corrected chi connectivity index (χ2v) is 4.11. The van der Waals surface area contributed by atoms with Crippen LogP contribution in [0.25, 0.3) is 0 Å². The highest BCUT2D eigenvalue weighted by Gasteiger charge is 2.18. The molecule has 0 fully saturated rings. The van der Waals surface area contributed by atoms with Gasteiger partial charge in [-0.15, -0.1) is 0 Å². The first-order valence-corrected chi connectivity index (χ1v) is 5.77. The monoisotopic (exact) mass is 255 g/mol. The lowest BCUT2D eigenvalue weighted by molar-refractivity contribution is -0.106. The number of phenolic OH excluding ortho intramolecular Hbond substituents is 1. The lowest BCUT2D eigenvalue weighted by Gasteiger charge is -2.16. The zero-order chi connectivity index (χ0) is 13.8. The van der Waals surface area contributed by atoms with Gasteiger partial charge < -0.3 is 5.11 Å². The smallest absolute Gasteiger partial charge is 0.265 e. The summed E-state index contributed by atoms with van der Waals surface area (Å²) in [5.41, 5.74) is 1.70. The number of amides is 2. The van der Waals surface area contributed by atoms with E-state index in [1.165, 1.54) is 24.3 Å². The van der Waals surface area contributed by atoms with Crippen LogP contribution in [0.2, 0.25) is 0 Å². The minimum absolute atomic E-state index is 0.0814. The molecule has 1 N–H and O–H groups in total. The van der Waals surface area contributed by atoms with Gasteiger partial charge in [-0.2, -0.15) is 0 Å². The molecule has 4 heteroatoms. The molecule has 0 bridgehead atoms. The molecule has 0 aromatic heterocycles. The highest BCUT2D eigenvalue weighted by molar-refractivity contribution is 6.16. The number of carbonyl (C=O) groups is 2. The number of hydrogen-bond acceptors (Lipinski definition) is 3. The van der Waals surface area contributed by atoms with Crippen LogP contribution in [0.1, 0.15) is 15.9 Å². The fourth-order valence-corrected chi connectivity index (χ4v) is 1.78. The van der Waals surface area contributed by atoms with Crippen LogP contribution in [0.3, 0.4) is 0 Å². The molecule has 19 heavy (non-hydrogen) atoms. The molecule has 96 valence electrons. The molecular formula is C15H13NO3. The van der Waals surface area contributed by atoms with Crippen molar-refractivity contribution in [1.29, 1.82) is 0 Å². The number of hydrogen-bond donors (Lipinski definition) is 1. The van der Waals surface area contributed by atoms with E-state index >= 15 is 0 Å². The Morgan fingerprint density at radius 1 is 1.11 bits per heavy atom. The van der Waals surface area contributed by atoms with Gasteiger partial charge in [0.2, 0.25) is 6.41 Å². The molecule has 0 aliphatic heterocycles. The fourth-order valence-electron chi connectivity index (χ4n) is 1.78. The second-order valence-electron chi connectivity index (χ2n) is 4.11. The number of carbonyl (C=O) groups excluding carboxylic acids is 2. The molecule has 0 spiro atoms. The van der Waals surface area contributed by atoms with Crippen molar-refractivity contribution in [2.45, 2.75) is 6.92 Å². The molecule has 2 amide bonds. The first-order chi connectivity index (χ1) is 9.13. The number of imide groups is 1. The van der Waals surface area contributed by atoms with Crippen molar-refractivity contribution < 1.29 is 14.7 Å². The number of benzene rings is 2. The highest BCUT2D eigenvalue weighted by Crippen LogP contribution is 2.20. The van der Waals surface area contributed by atoms with Crippen LogP contribution in [0.5, 0.6) is 5.75 Å². The van der Waals surface area contributed by atoms with Crippen LogP contribution in [-0.4, -0.2) is 17.4 Å². The maximum absolute atomic E-state index is 12.3. The molecule has 4 nitrogen and oxygen atoms in total. The first kappa shape index (κ1) is 12.8. The van der Waals surface area contributed by atoms with Crippen LogP contribution in [0.15, 0.2) is 48.5 Å². The molecule has 2 aromatic carbocycles. The molecule has 2 rings (SSSR count). The number of rotatable bonds is 3. The van der Waals surface area contributed by atoms with E-state index in [1.54, 1.807) is 12.1 Å². The Kier molecular flexibility index (Phi) is 3.61. The predicted octanol–water partition coefficient (Wildman–Crippen LogP) is 2.50. The third-order valence-electron chi connectivity index (χ3n) is 2.83. The molecular weight excluding hydrogens is 242 g/mol.